The third kappa shape index (κ3) is 2.14. The molecule has 3 nitrogen and oxygen atoms in total. The van der Waals surface area contributed by atoms with Crippen LogP contribution in [0.3, 0.4) is 0 Å². The summed E-state index contributed by atoms with van der Waals surface area (Å²) >= 11 is 6.29. The Morgan fingerprint density at radius 1 is 1.15 bits per heavy atom. The SMILES string of the molecule is COc1ccc2nc(C(C)Cl)n(-c3ccccc3)c2c1. The summed E-state index contributed by atoms with van der Waals surface area (Å²) in [5.41, 5.74) is 2.96. The highest BCUT2D eigenvalue weighted by Crippen LogP contribution is 2.30. The van der Waals surface area contributed by atoms with E-state index < -0.39 is 0 Å². The van der Waals surface area contributed by atoms with E-state index >= 15 is 0 Å². The molecule has 0 amide bonds. The van der Waals surface area contributed by atoms with Crippen LogP contribution in [0.5, 0.6) is 5.75 Å². The van der Waals surface area contributed by atoms with E-state index in [4.69, 9.17) is 16.3 Å². The van der Waals surface area contributed by atoms with Gasteiger partial charge in [0.2, 0.25) is 0 Å². The van der Waals surface area contributed by atoms with E-state index in [1.54, 1.807) is 7.11 Å². The number of ether oxygens (including phenoxy) is 1. The second-order valence-electron chi connectivity index (χ2n) is 4.61. The monoisotopic (exact) mass is 286 g/mol. The standard InChI is InChI=1S/C16H15ClN2O/c1-11(17)16-18-14-9-8-13(20-2)10-15(14)19(16)12-6-4-3-5-7-12/h3-11H,1-2H3. The van der Waals surface area contributed by atoms with E-state index in [9.17, 15) is 0 Å². The molecule has 3 aromatic rings. The van der Waals surface area contributed by atoms with Crippen molar-refractivity contribution >= 4 is 22.6 Å². The first-order chi connectivity index (χ1) is 9.70. The summed E-state index contributed by atoms with van der Waals surface area (Å²) in [6.07, 6.45) is 0. The van der Waals surface area contributed by atoms with Gasteiger partial charge in [0.25, 0.3) is 0 Å². The van der Waals surface area contributed by atoms with Crippen molar-refractivity contribution in [2.24, 2.45) is 0 Å². The summed E-state index contributed by atoms with van der Waals surface area (Å²) in [5, 5.41) is -0.173. The zero-order valence-corrected chi connectivity index (χ0v) is 12.1. The van der Waals surface area contributed by atoms with Gasteiger partial charge in [0.05, 0.1) is 23.5 Å². The zero-order valence-electron chi connectivity index (χ0n) is 11.4. The number of methoxy groups -OCH3 is 1. The van der Waals surface area contributed by atoms with Gasteiger partial charge in [0.15, 0.2) is 0 Å². The third-order valence-electron chi connectivity index (χ3n) is 3.26. The van der Waals surface area contributed by atoms with Gasteiger partial charge in [0, 0.05) is 11.8 Å². The number of aromatic nitrogens is 2. The van der Waals surface area contributed by atoms with E-state index in [0.29, 0.717) is 0 Å². The number of hydrogen-bond acceptors (Lipinski definition) is 2. The van der Waals surface area contributed by atoms with Crippen molar-refractivity contribution in [2.45, 2.75) is 12.3 Å². The Morgan fingerprint density at radius 2 is 1.90 bits per heavy atom. The molecule has 0 spiro atoms. The summed E-state index contributed by atoms with van der Waals surface area (Å²) in [5.74, 6) is 1.64. The molecule has 0 aliphatic heterocycles. The summed E-state index contributed by atoms with van der Waals surface area (Å²) in [4.78, 5) is 4.64. The molecule has 0 saturated carbocycles. The highest BCUT2D eigenvalue weighted by atomic mass is 35.5. The van der Waals surface area contributed by atoms with Crippen LogP contribution in [0.1, 0.15) is 18.1 Å². The second kappa shape index (κ2) is 5.17. The molecule has 1 heterocycles. The fourth-order valence-electron chi connectivity index (χ4n) is 2.32. The Morgan fingerprint density at radius 3 is 2.55 bits per heavy atom. The van der Waals surface area contributed by atoms with Crippen molar-refractivity contribution in [2.75, 3.05) is 7.11 Å². The average Bonchev–Trinajstić information content (AvgIpc) is 2.86. The summed E-state index contributed by atoms with van der Waals surface area (Å²) in [7, 11) is 1.66. The minimum absolute atomic E-state index is 0.173. The fourth-order valence-corrected chi connectivity index (χ4v) is 2.46. The predicted molar refractivity (Wildman–Crippen MR) is 81.9 cm³/mol. The van der Waals surface area contributed by atoms with Crippen LogP contribution in [0.4, 0.5) is 0 Å². The molecule has 1 unspecified atom stereocenters. The van der Waals surface area contributed by atoms with Crippen LogP contribution in [0.25, 0.3) is 16.7 Å². The van der Waals surface area contributed by atoms with Crippen LogP contribution in [0.15, 0.2) is 48.5 Å². The van der Waals surface area contributed by atoms with Gasteiger partial charge in [-0.25, -0.2) is 4.98 Å². The Bertz CT molecular complexity index is 735. The van der Waals surface area contributed by atoms with Crippen LogP contribution in [0.2, 0.25) is 0 Å². The first-order valence-electron chi connectivity index (χ1n) is 6.46. The predicted octanol–water partition coefficient (Wildman–Crippen LogP) is 4.33. The van der Waals surface area contributed by atoms with Crippen LogP contribution >= 0.6 is 11.6 Å². The molecule has 2 aromatic carbocycles. The maximum Gasteiger partial charge on any atom is 0.132 e. The number of nitrogens with zero attached hydrogens (tertiary/aromatic N) is 2. The molecule has 0 aliphatic rings. The van der Waals surface area contributed by atoms with Crippen molar-refractivity contribution in [3.05, 3.63) is 54.4 Å². The van der Waals surface area contributed by atoms with Gasteiger partial charge in [-0.15, -0.1) is 11.6 Å². The molecule has 4 heteroatoms. The second-order valence-corrected chi connectivity index (χ2v) is 5.27. The Labute approximate surface area is 122 Å². The maximum atomic E-state index is 6.29. The van der Waals surface area contributed by atoms with Gasteiger partial charge >= 0.3 is 0 Å². The molecule has 0 N–H and O–H groups in total. The van der Waals surface area contributed by atoms with E-state index in [1.165, 1.54) is 0 Å². The van der Waals surface area contributed by atoms with Crippen LogP contribution in [-0.4, -0.2) is 16.7 Å². The normalized spacial score (nSPS) is 12.6. The number of alkyl halides is 1. The molecule has 0 saturated heterocycles. The minimum atomic E-state index is -0.173. The molecule has 0 radical (unpaired) electrons. The lowest BCUT2D eigenvalue weighted by atomic mass is 10.2. The molecule has 0 fully saturated rings. The topological polar surface area (TPSA) is 27.1 Å². The van der Waals surface area contributed by atoms with Gasteiger partial charge in [-0.1, -0.05) is 18.2 Å². The van der Waals surface area contributed by atoms with Crippen molar-refractivity contribution in [3.8, 4) is 11.4 Å². The van der Waals surface area contributed by atoms with Crippen molar-refractivity contribution in [3.63, 3.8) is 0 Å². The number of fused-ring (bicyclic) bond motifs is 1. The summed E-state index contributed by atoms with van der Waals surface area (Å²) < 4.78 is 7.39. The Kier molecular flexibility index (Phi) is 3.36. The summed E-state index contributed by atoms with van der Waals surface area (Å²) in [6, 6.07) is 15.9. The van der Waals surface area contributed by atoms with Crippen LogP contribution < -0.4 is 4.74 Å². The van der Waals surface area contributed by atoms with Crippen LogP contribution in [-0.2, 0) is 0 Å². The molecule has 1 aromatic heterocycles. The average molecular weight is 287 g/mol. The van der Waals surface area contributed by atoms with Gasteiger partial charge in [-0.2, -0.15) is 0 Å². The zero-order chi connectivity index (χ0) is 14.1. The number of hydrogen-bond donors (Lipinski definition) is 0. The number of halogens is 1. The number of imidazole rings is 1. The molecule has 0 aliphatic carbocycles. The van der Waals surface area contributed by atoms with Gasteiger partial charge in [-0.3, -0.25) is 4.57 Å². The molecule has 3 rings (SSSR count). The molecule has 0 bridgehead atoms. The van der Waals surface area contributed by atoms with Crippen molar-refractivity contribution < 1.29 is 4.74 Å². The first-order valence-corrected chi connectivity index (χ1v) is 6.90. The third-order valence-corrected chi connectivity index (χ3v) is 3.45. The Hall–Kier alpha value is -2.00. The van der Waals surface area contributed by atoms with Crippen molar-refractivity contribution in [1.82, 2.24) is 9.55 Å². The first kappa shape index (κ1) is 13.0. The fraction of sp³-hybridized carbons (Fsp3) is 0.188. The smallest absolute Gasteiger partial charge is 0.132 e. The molecular weight excluding hydrogens is 272 g/mol. The lowest BCUT2D eigenvalue weighted by Gasteiger charge is -2.10. The Balaban J connectivity index is 2.33. The van der Waals surface area contributed by atoms with E-state index in [2.05, 4.69) is 9.55 Å². The molecule has 102 valence electrons. The van der Waals surface area contributed by atoms with Crippen molar-refractivity contribution in [1.29, 1.82) is 0 Å². The molecular formula is C16H15ClN2O. The highest BCUT2D eigenvalue weighted by Gasteiger charge is 2.16. The van der Waals surface area contributed by atoms with E-state index in [-0.39, 0.29) is 5.38 Å². The minimum Gasteiger partial charge on any atom is -0.497 e. The van der Waals surface area contributed by atoms with Crippen LogP contribution in [0, 0.1) is 0 Å². The number of rotatable bonds is 3. The number of benzene rings is 2. The largest absolute Gasteiger partial charge is 0.497 e. The lowest BCUT2D eigenvalue weighted by Crippen LogP contribution is -2.01. The maximum absolute atomic E-state index is 6.29. The summed E-state index contributed by atoms with van der Waals surface area (Å²) in [6.45, 7) is 1.93. The van der Waals surface area contributed by atoms with Gasteiger partial charge < -0.3 is 4.74 Å². The highest BCUT2D eigenvalue weighted by molar-refractivity contribution is 6.20. The lowest BCUT2D eigenvalue weighted by molar-refractivity contribution is 0.415. The molecule has 20 heavy (non-hydrogen) atoms. The van der Waals surface area contributed by atoms with E-state index in [1.807, 2.05) is 55.5 Å². The number of para-hydroxylation sites is 1. The van der Waals surface area contributed by atoms with E-state index in [0.717, 1.165) is 28.3 Å². The van der Waals surface area contributed by atoms with Gasteiger partial charge in [-0.05, 0) is 31.2 Å². The molecule has 1 atom stereocenters. The quantitative estimate of drug-likeness (QED) is 0.670. The van der Waals surface area contributed by atoms with Gasteiger partial charge in [0.1, 0.15) is 11.6 Å².